The molecule has 0 unspecified atom stereocenters. The Morgan fingerprint density at radius 1 is 1.05 bits per heavy atom. The van der Waals surface area contributed by atoms with Crippen molar-refractivity contribution in [2.24, 2.45) is 0 Å². The highest BCUT2D eigenvalue weighted by Crippen LogP contribution is 2.26. The first-order valence-electron chi connectivity index (χ1n) is 6.68. The highest BCUT2D eigenvalue weighted by Gasteiger charge is 2.09. The van der Waals surface area contributed by atoms with Crippen LogP contribution in [0.5, 0.6) is 0 Å². The lowest BCUT2D eigenvalue weighted by Gasteiger charge is -2.14. The lowest BCUT2D eigenvalue weighted by Crippen LogP contribution is -2.28. The average Bonchev–Trinajstić information content (AvgIpc) is 2.96. The van der Waals surface area contributed by atoms with Crippen molar-refractivity contribution in [3.8, 4) is 0 Å². The van der Waals surface area contributed by atoms with Crippen LogP contribution in [-0.2, 0) is 0 Å². The van der Waals surface area contributed by atoms with E-state index in [2.05, 4.69) is 76.7 Å². The van der Waals surface area contributed by atoms with Crippen LogP contribution in [0.4, 0.5) is 5.69 Å². The summed E-state index contributed by atoms with van der Waals surface area (Å²) in [5, 5.41) is 2.51. The molecule has 4 aromatic rings. The smallest absolute Gasteiger partial charge is 0.147 e. The van der Waals surface area contributed by atoms with E-state index in [9.17, 15) is 0 Å². The molecule has 0 atom stereocenters. The molecule has 0 amide bonds. The number of rotatable bonds is 1. The molecule has 0 aliphatic heterocycles. The summed E-state index contributed by atoms with van der Waals surface area (Å²) in [6, 6.07) is 17.0. The maximum Gasteiger partial charge on any atom is 0.147 e. The molecule has 0 radical (unpaired) electrons. The molecular formula is C17H15N3. The Bertz CT molecular complexity index is 935. The minimum atomic E-state index is 1.17. The molecule has 0 fully saturated rings. The summed E-state index contributed by atoms with van der Waals surface area (Å²) in [5.41, 5.74) is 3.57. The van der Waals surface area contributed by atoms with E-state index in [1.54, 1.807) is 0 Å². The largest absolute Gasteiger partial charge is 0.378 e. The summed E-state index contributed by atoms with van der Waals surface area (Å²) < 4.78 is 4.20. The Hall–Kier alpha value is -2.55. The van der Waals surface area contributed by atoms with Crippen molar-refractivity contribution in [1.82, 2.24) is 4.52 Å². The second kappa shape index (κ2) is 3.97. The van der Waals surface area contributed by atoms with Gasteiger partial charge in [-0.3, -0.25) is 0 Å². The van der Waals surface area contributed by atoms with Gasteiger partial charge in [-0.05, 0) is 30.5 Å². The van der Waals surface area contributed by atoms with E-state index in [1.807, 2.05) is 12.3 Å². The van der Waals surface area contributed by atoms with Crippen LogP contribution in [0.1, 0.15) is 0 Å². The predicted octanol–water partition coefficient (Wildman–Crippen LogP) is 2.70. The molecule has 2 heterocycles. The maximum absolute atomic E-state index is 3.26. The Balaban J connectivity index is 2.29. The molecule has 0 spiro atoms. The number of para-hydroxylation sites is 1. The van der Waals surface area contributed by atoms with Crippen LogP contribution in [0.25, 0.3) is 21.8 Å². The van der Waals surface area contributed by atoms with Crippen molar-refractivity contribution in [3.63, 3.8) is 0 Å². The number of nitrogens with zero attached hydrogens (tertiary/aromatic N) is 3. The zero-order valence-electron chi connectivity index (χ0n) is 11.5. The van der Waals surface area contributed by atoms with E-state index in [-0.39, 0.29) is 0 Å². The van der Waals surface area contributed by atoms with Crippen LogP contribution in [-0.4, -0.2) is 18.6 Å². The SMILES string of the molecule is CN(C)c1ccc2c(c1)c1ccccc1[n+]1[c-]ccn21. The van der Waals surface area contributed by atoms with Crippen LogP contribution in [0, 0.1) is 6.20 Å². The first-order chi connectivity index (χ1) is 9.75. The van der Waals surface area contributed by atoms with E-state index in [0.717, 1.165) is 0 Å². The molecule has 0 N–H and O–H groups in total. The Kier molecular flexibility index (Phi) is 2.24. The van der Waals surface area contributed by atoms with Crippen molar-refractivity contribution in [3.05, 3.63) is 60.9 Å². The van der Waals surface area contributed by atoms with Gasteiger partial charge >= 0.3 is 0 Å². The second-order valence-electron chi connectivity index (χ2n) is 5.21. The molecule has 0 aliphatic carbocycles. The van der Waals surface area contributed by atoms with E-state index in [0.29, 0.717) is 0 Å². The maximum atomic E-state index is 3.26. The highest BCUT2D eigenvalue weighted by atomic mass is 15.3. The van der Waals surface area contributed by atoms with Crippen molar-refractivity contribution >= 4 is 27.5 Å². The first-order valence-corrected chi connectivity index (χ1v) is 6.68. The van der Waals surface area contributed by atoms with Crippen LogP contribution >= 0.6 is 0 Å². The predicted molar refractivity (Wildman–Crippen MR) is 81.2 cm³/mol. The molecule has 2 aromatic carbocycles. The first kappa shape index (κ1) is 11.3. The molecule has 0 aliphatic rings. The van der Waals surface area contributed by atoms with Gasteiger partial charge in [0.1, 0.15) is 11.7 Å². The monoisotopic (exact) mass is 261 g/mol. The summed E-state index contributed by atoms with van der Waals surface area (Å²) >= 11 is 0. The number of benzene rings is 2. The summed E-state index contributed by atoms with van der Waals surface area (Å²) in [7, 11) is 4.14. The lowest BCUT2D eigenvalue weighted by molar-refractivity contribution is -0.591. The van der Waals surface area contributed by atoms with E-state index in [1.165, 1.54) is 27.5 Å². The summed E-state index contributed by atoms with van der Waals surface area (Å²) in [4.78, 5) is 2.13. The number of anilines is 1. The molecule has 20 heavy (non-hydrogen) atoms. The van der Waals surface area contributed by atoms with Crippen LogP contribution in [0.15, 0.2) is 54.7 Å². The number of hydrogen-bond acceptors (Lipinski definition) is 1. The lowest BCUT2D eigenvalue weighted by atomic mass is 10.1. The molecule has 3 nitrogen and oxygen atoms in total. The van der Waals surface area contributed by atoms with Crippen molar-refractivity contribution < 1.29 is 4.52 Å². The van der Waals surface area contributed by atoms with Gasteiger partial charge in [-0.1, -0.05) is 24.3 Å². The Morgan fingerprint density at radius 3 is 2.75 bits per heavy atom. The molecule has 3 heteroatoms. The molecular weight excluding hydrogens is 246 g/mol. The van der Waals surface area contributed by atoms with Gasteiger partial charge in [-0.15, -0.1) is 0 Å². The minimum absolute atomic E-state index is 1.17. The number of aromatic nitrogens is 2. The van der Waals surface area contributed by atoms with Crippen LogP contribution < -0.4 is 9.42 Å². The third-order valence-electron chi connectivity index (χ3n) is 3.79. The van der Waals surface area contributed by atoms with Gasteiger partial charge in [-0.25, -0.2) is 0 Å². The normalized spacial score (nSPS) is 11.5. The van der Waals surface area contributed by atoms with Crippen LogP contribution in [0.2, 0.25) is 0 Å². The van der Waals surface area contributed by atoms with Crippen LogP contribution in [0.3, 0.4) is 0 Å². The fourth-order valence-electron chi connectivity index (χ4n) is 2.78. The molecule has 0 saturated heterocycles. The Labute approximate surface area is 117 Å². The minimum Gasteiger partial charge on any atom is -0.378 e. The molecule has 98 valence electrons. The van der Waals surface area contributed by atoms with Crippen molar-refractivity contribution in [1.29, 1.82) is 0 Å². The van der Waals surface area contributed by atoms with Gasteiger partial charge in [0.25, 0.3) is 0 Å². The quantitative estimate of drug-likeness (QED) is 0.291. The number of fused-ring (bicyclic) bond motifs is 6. The van der Waals surface area contributed by atoms with Gasteiger partial charge in [0.2, 0.25) is 0 Å². The van der Waals surface area contributed by atoms with E-state index >= 15 is 0 Å². The fourth-order valence-corrected chi connectivity index (χ4v) is 2.78. The molecule has 0 saturated carbocycles. The van der Waals surface area contributed by atoms with Crippen molar-refractivity contribution in [2.75, 3.05) is 19.0 Å². The van der Waals surface area contributed by atoms with Gasteiger partial charge in [0.05, 0.1) is 5.52 Å². The zero-order chi connectivity index (χ0) is 13.7. The standard InChI is InChI=1S/C17H15N3/c1-18(2)13-8-9-17-15(12-13)14-6-3-4-7-16(14)19-10-5-11-20(17)19/h3-9,11-12H,1-2H3. The third kappa shape index (κ3) is 1.43. The summed E-state index contributed by atoms with van der Waals surface area (Å²) in [5.74, 6) is 0. The van der Waals surface area contributed by atoms with E-state index < -0.39 is 0 Å². The topological polar surface area (TPSA) is 11.8 Å². The molecule has 0 bridgehead atoms. The average molecular weight is 261 g/mol. The second-order valence-corrected chi connectivity index (χ2v) is 5.21. The molecule has 2 aromatic heterocycles. The number of hydrogen-bond donors (Lipinski definition) is 0. The summed E-state index contributed by atoms with van der Waals surface area (Å²) in [6.07, 6.45) is 5.31. The van der Waals surface area contributed by atoms with E-state index in [4.69, 9.17) is 0 Å². The van der Waals surface area contributed by atoms with Gasteiger partial charge in [0.15, 0.2) is 0 Å². The van der Waals surface area contributed by atoms with Gasteiger partial charge in [0, 0.05) is 30.6 Å². The molecule has 4 rings (SSSR count). The third-order valence-corrected chi connectivity index (χ3v) is 3.79. The fraction of sp³-hybridized carbons (Fsp3) is 0.118. The Morgan fingerprint density at radius 2 is 1.90 bits per heavy atom. The van der Waals surface area contributed by atoms with Gasteiger partial charge in [-0.2, -0.15) is 9.03 Å². The highest BCUT2D eigenvalue weighted by molar-refractivity contribution is 6.03. The summed E-state index contributed by atoms with van der Waals surface area (Å²) in [6.45, 7) is 0. The van der Waals surface area contributed by atoms with Crippen molar-refractivity contribution in [2.45, 2.75) is 0 Å². The zero-order valence-corrected chi connectivity index (χ0v) is 11.5. The van der Waals surface area contributed by atoms with Gasteiger partial charge < -0.3 is 4.90 Å².